The normalized spacial score (nSPS) is 17.7. The lowest BCUT2D eigenvalue weighted by Crippen LogP contribution is -2.49. The number of morpholine rings is 1. The molecule has 1 saturated heterocycles. The Hall–Kier alpha value is -2.47. The third-order valence-corrected chi connectivity index (χ3v) is 4.33. The van der Waals surface area contributed by atoms with Crippen molar-refractivity contribution in [2.24, 2.45) is 0 Å². The van der Waals surface area contributed by atoms with Crippen LogP contribution < -0.4 is 0 Å². The molecule has 132 valence electrons. The first-order valence-electron chi connectivity index (χ1n) is 8.47. The lowest BCUT2D eigenvalue weighted by Gasteiger charge is -2.35. The number of Topliss-reactive ketones (excluding diaryl/α,β-unsaturated/α-hetero) is 1. The van der Waals surface area contributed by atoms with Gasteiger partial charge in [0.05, 0.1) is 31.1 Å². The molecule has 25 heavy (non-hydrogen) atoms. The van der Waals surface area contributed by atoms with Crippen LogP contribution in [0.1, 0.15) is 52.8 Å². The standard InChI is InChI=1S/C19H22N2O4/c1-13(2)16-6-5-14(11-20-16)19(23)21-7-9-24-12-15(21)10-17(22)18-4-3-8-25-18/h3-6,8,11,13,15H,7,9-10,12H2,1-2H3/t15-/m0/s1. The van der Waals surface area contributed by atoms with Gasteiger partial charge in [0.15, 0.2) is 11.5 Å². The predicted octanol–water partition coefficient (Wildman–Crippen LogP) is 2.91. The number of pyridine rings is 1. The van der Waals surface area contributed by atoms with Crippen molar-refractivity contribution in [3.63, 3.8) is 0 Å². The van der Waals surface area contributed by atoms with Crippen LogP contribution in [0.4, 0.5) is 0 Å². The minimum absolute atomic E-state index is 0.122. The molecule has 0 saturated carbocycles. The fraction of sp³-hybridized carbons (Fsp3) is 0.421. The van der Waals surface area contributed by atoms with Crippen LogP contribution in [0.5, 0.6) is 0 Å². The topological polar surface area (TPSA) is 72.6 Å². The number of ketones is 1. The summed E-state index contributed by atoms with van der Waals surface area (Å²) in [6, 6.07) is 6.68. The molecule has 3 heterocycles. The quantitative estimate of drug-likeness (QED) is 0.781. The first kappa shape index (κ1) is 17.4. The Morgan fingerprint density at radius 1 is 1.32 bits per heavy atom. The highest BCUT2D eigenvalue weighted by Crippen LogP contribution is 2.18. The van der Waals surface area contributed by atoms with Gasteiger partial charge in [-0.25, -0.2) is 0 Å². The van der Waals surface area contributed by atoms with Crippen molar-refractivity contribution in [2.45, 2.75) is 32.2 Å². The van der Waals surface area contributed by atoms with E-state index in [4.69, 9.17) is 9.15 Å². The number of furan rings is 1. The van der Waals surface area contributed by atoms with Crippen molar-refractivity contribution in [3.8, 4) is 0 Å². The summed E-state index contributed by atoms with van der Waals surface area (Å²) in [6.45, 7) is 5.38. The van der Waals surface area contributed by atoms with Crippen molar-refractivity contribution < 1.29 is 18.7 Å². The number of amides is 1. The summed E-state index contributed by atoms with van der Waals surface area (Å²) in [7, 11) is 0. The number of rotatable bonds is 5. The van der Waals surface area contributed by atoms with Crippen molar-refractivity contribution in [1.29, 1.82) is 0 Å². The zero-order chi connectivity index (χ0) is 17.8. The van der Waals surface area contributed by atoms with Crippen LogP contribution >= 0.6 is 0 Å². The minimum Gasteiger partial charge on any atom is -0.461 e. The molecule has 0 unspecified atom stereocenters. The van der Waals surface area contributed by atoms with E-state index >= 15 is 0 Å². The Labute approximate surface area is 146 Å². The largest absolute Gasteiger partial charge is 0.461 e. The highest BCUT2D eigenvalue weighted by Gasteiger charge is 2.30. The lowest BCUT2D eigenvalue weighted by atomic mass is 10.0. The second kappa shape index (κ2) is 7.61. The molecule has 2 aromatic rings. The van der Waals surface area contributed by atoms with Gasteiger partial charge in [-0.1, -0.05) is 13.8 Å². The average Bonchev–Trinajstić information content (AvgIpc) is 3.16. The smallest absolute Gasteiger partial charge is 0.255 e. The molecule has 6 nitrogen and oxygen atoms in total. The van der Waals surface area contributed by atoms with Gasteiger partial charge in [-0.15, -0.1) is 0 Å². The first-order chi connectivity index (χ1) is 12.1. The molecule has 1 aliphatic heterocycles. The number of carbonyl (C=O) groups excluding carboxylic acids is 2. The first-order valence-corrected chi connectivity index (χ1v) is 8.47. The molecular formula is C19H22N2O4. The Bertz CT molecular complexity index is 722. The summed E-state index contributed by atoms with van der Waals surface area (Å²) in [4.78, 5) is 31.2. The molecule has 6 heteroatoms. The van der Waals surface area contributed by atoms with Gasteiger partial charge < -0.3 is 14.1 Å². The summed E-state index contributed by atoms with van der Waals surface area (Å²) in [5, 5.41) is 0. The van der Waals surface area contributed by atoms with E-state index in [0.717, 1.165) is 5.69 Å². The molecule has 0 N–H and O–H groups in total. The maximum Gasteiger partial charge on any atom is 0.255 e. The second-order valence-electron chi connectivity index (χ2n) is 6.46. The van der Waals surface area contributed by atoms with E-state index in [1.807, 2.05) is 6.07 Å². The molecule has 0 spiro atoms. The molecule has 0 aromatic carbocycles. The molecule has 1 fully saturated rings. The van der Waals surface area contributed by atoms with Gasteiger partial charge in [-0.3, -0.25) is 14.6 Å². The summed E-state index contributed by atoms with van der Waals surface area (Å²) in [6.07, 6.45) is 3.25. The molecule has 1 amide bonds. The van der Waals surface area contributed by atoms with E-state index in [9.17, 15) is 9.59 Å². The highest BCUT2D eigenvalue weighted by atomic mass is 16.5. The van der Waals surface area contributed by atoms with Crippen molar-refractivity contribution in [1.82, 2.24) is 9.88 Å². The van der Waals surface area contributed by atoms with Crippen molar-refractivity contribution in [2.75, 3.05) is 19.8 Å². The van der Waals surface area contributed by atoms with Crippen LogP contribution in [-0.2, 0) is 4.74 Å². The molecule has 2 aromatic heterocycles. The van der Waals surface area contributed by atoms with E-state index in [0.29, 0.717) is 37.0 Å². The number of hydrogen-bond acceptors (Lipinski definition) is 5. The summed E-state index contributed by atoms with van der Waals surface area (Å²) >= 11 is 0. The van der Waals surface area contributed by atoms with Gasteiger partial charge in [0.25, 0.3) is 5.91 Å². The Balaban J connectivity index is 1.73. The van der Waals surface area contributed by atoms with Crippen molar-refractivity contribution >= 4 is 11.7 Å². The molecule has 0 bridgehead atoms. The lowest BCUT2D eigenvalue weighted by molar-refractivity contribution is -0.00305. The van der Waals surface area contributed by atoms with Crippen LogP contribution in [-0.4, -0.2) is 47.4 Å². The average molecular weight is 342 g/mol. The van der Waals surface area contributed by atoms with Gasteiger partial charge in [0.2, 0.25) is 0 Å². The van der Waals surface area contributed by atoms with E-state index in [-0.39, 0.29) is 24.2 Å². The van der Waals surface area contributed by atoms with Crippen molar-refractivity contribution in [3.05, 3.63) is 53.7 Å². The Morgan fingerprint density at radius 3 is 2.80 bits per heavy atom. The predicted molar refractivity (Wildman–Crippen MR) is 91.6 cm³/mol. The summed E-state index contributed by atoms with van der Waals surface area (Å²) in [5.74, 6) is 0.363. The summed E-state index contributed by atoms with van der Waals surface area (Å²) < 4.78 is 10.6. The number of carbonyl (C=O) groups is 2. The van der Waals surface area contributed by atoms with E-state index < -0.39 is 0 Å². The van der Waals surface area contributed by atoms with Gasteiger partial charge in [0.1, 0.15) is 0 Å². The van der Waals surface area contributed by atoms with Gasteiger partial charge in [-0.2, -0.15) is 0 Å². The Kier molecular flexibility index (Phi) is 5.28. The molecule has 0 radical (unpaired) electrons. The maximum absolute atomic E-state index is 12.9. The third kappa shape index (κ3) is 3.96. The fourth-order valence-corrected chi connectivity index (χ4v) is 2.88. The highest BCUT2D eigenvalue weighted by molar-refractivity contribution is 5.96. The van der Waals surface area contributed by atoms with Gasteiger partial charge >= 0.3 is 0 Å². The van der Waals surface area contributed by atoms with Crippen LogP contribution in [0.2, 0.25) is 0 Å². The van der Waals surface area contributed by atoms with Crippen LogP contribution in [0.3, 0.4) is 0 Å². The summed E-state index contributed by atoms with van der Waals surface area (Å²) in [5.41, 5.74) is 1.48. The minimum atomic E-state index is -0.302. The zero-order valence-electron chi connectivity index (χ0n) is 14.5. The Morgan fingerprint density at radius 2 is 2.16 bits per heavy atom. The number of ether oxygens (including phenoxy) is 1. The molecule has 3 rings (SSSR count). The van der Waals surface area contributed by atoms with E-state index in [1.165, 1.54) is 6.26 Å². The number of nitrogens with zero attached hydrogens (tertiary/aromatic N) is 2. The van der Waals surface area contributed by atoms with Gasteiger partial charge in [0, 0.05) is 24.9 Å². The third-order valence-electron chi connectivity index (χ3n) is 4.33. The van der Waals surface area contributed by atoms with Crippen LogP contribution in [0, 0.1) is 0 Å². The maximum atomic E-state index is 12.9. The SMILES string of the molecule is CC(C)c1ccc(C(=O)N2CCOC[C@@H]2CC(=O)c2ccco2)cn1. The van der Waals surface area contributed by atoms with E-state index in [1.54, 1.807) is 29.3 Å². The van der Waals surface area contributed by atoms with Gasteiger partial charge in [-0.05, 0) is 30.2 Å². The number of aromatic nitrogens is 1. The number of hydrogen-bond donors (Lipinski definition) is 0. The van der Waals surface area contributed by atoms with Crippen LogP contribution in [0.25, 0.3) is 0 Å². The zero-order valence-corrected chi connectivity index (χ0v) is 14.5. The van der Waals surface area contributed by atoms with E-state index in [2.05, 4.69) is 18.8 Å². The molecular weight excluding hydrogens is 320 g/mol. The molecule has 0 aliphatic carbocycles. The monoisotopic (exact) mass is 342 g/mol. The van der Waals surface area contributed by atoms with Crippen LogP contribution in [0.15, 0.2) is 41.1 Å². The molecule has 1 atom stereocenters. The second-order valence-corrected chi connectivity index (χ2v) is 6.46. The molecule has 1 aliphatic rings. The fourth-order valence-electron chi connectivity index (χ4n) is 2.88.